The molecule has 26 heavy (non-hydrogen) atoms. The van der Waals surface area contributed by atoms with Gasteiger partial charge in [-0.2, -0.15) is 0 Å². The molecule has 0 aliphatic rings. The van der Waals surface area contributed by atoms with Crippen LogP contribution in [-0.4, -0.2) is 6.21 Å². The Hall–Kier alpha value is -2.55. The van der Waals surface area contributed by atoms with Crippen LogP contribution < -0.4 is 0 Å². The summed E-state index contributed by atoms with van der Waals surface area (Å²) < 4.78 is 26.8. The minimum absolute atomic E-state index is 0.0624. The maximum Gasteiger partial charge on any atom is 0.270 e. The zero-order valence-electron chi connectivity index (χ0n) is 15.1. The number of aliphatic imine (C=N–C) groups is 1. The van der Waals surface area contributed by atoms with Gasteiger partial charge in [0, 0.05) is 12.5 Å². The molecule has 0 saturated heterocycles. The molecule has 0 heterocycles. The van der Waals surface area contributed by atoms with Gasteiger partial charge in [0.25, 0.3) is 5.92 Å². The molecule has 0 radical (unpaired) electrons. The van der Waals surface area contributed by atoms with Gasteiger partial charge in [0.1, 0.15) is 0 Å². The molecule has 0 N–H and O–H groups in total. The van der Waals surface area contributed by atoms with E-state index in [2.05, 4.69) is 42.2 Å². The van der Waals surface area contributed by atoms with Gasteiger partial charge in [0.05, 0.1) is 6.04 Å². The second kappa shape index (κ2) is 7.77. The summed E-state index contributed by atoms with van der Waals surface area (Å²) in [6, 6.07) is 21.3. The first kappa shape index (κ1) is 18.2. The first-order valence-corrected chi connectivity index (χ1v) is 8.91. The van der Waals surface area contributed by atoms with E-state index in [1.807, 2.05) is 24.4 Å². The Morgan fingerprint density at radius 1 is 1.00 bits per heavy atom. The van der Waals surface area contributed by atoms with E-state index in [-0.39, 0.29) is 11.6 Å². The van der Waals surface area contributed by atoms with Crippen molar-refractivity contribution in [3.05, 3.63) is 83.4 Å². The standard InChI is InChI=1S/C23H23F2N/c1-17(21-14-6-11-19-10-3-4-13-22(19)21)26-15-7-9-18-8-5-12-20(16-18)23(2,24)25/h3-6,8,10-17H,7,9H2,1-2H3. The van der Waals surface area contributed by atoms with Crippen LogP contribution in [0.3, 0.4) is 0 Å². The highest BCUT2D eigenvalue weighted by molar-refractivity contribution is 5.86. The zero-order chi connectivity index (χ0) is 18.6. The summed E-state index contributed by atoms with van der Waals surface area (Å²) in [6.45, 7) is 3.01. The third-order valence-electron chi connectivity index (χ3n) is 4.60. The Morgan fingerprint density at radius 3 is 2.54 bits per heavy atom. The molecule has 0 amide bonds. The minimum atomic E-state index is -2.80. The van der Waals surface area contributed by atoms with Gasteiger partial charge in [-0.3, -0.25) is 4.99 Å². The number of hydrogen-bond donors (Lipinski definition) is 0. The maximum atomic E-state index is 13.4. The maximum absolute atomic E-state index is 13.4. The van der Waals surface area contributed by atoms with Gasteiger partial charge >= 0.3 is 0 Å². The first-order valence-electron chi connectivity index (χ1n) is 8.91. The molecule has 0 aromatic heterocycles. The molecule has 0 saturated carbocycles. The largest absolute Gasteiger partial charge is 0.290 e. The second-order valence-electron chi connectivity index (χ2n) is 6.70. The number of hydrogen-bond acceptors (Lipinski definition) is 1. The van der Waals surface area contributed by atoms with Crippen LogP contribution in [0.5, 0.6) is 0 Å². The van der Waals surface area contributed by atoms with Crippen molar-refractivity contribution in [1.29, 1.82) is 0 Å². The Balaban J connectivity index is 1.65. The van der Waals surface area contributed by atoms with Crippen LogP contribution in [0.4, 0.5) is 8.78 Å². The van der Waals surface area contributed by atoms with Crippen molar-refractivity contribution in [2.24, 2.45) is 4.99 Å². The van der Waals surface area contributed by atoms with Crippen LogP contribution in [0.15, 0.2) is 71.7 Å². The lowest BCUT2D eigenvalue weighted by Gasteiger charge is -2.12. The molecule has 0 aliphatic heterocycles. The normalized spacial score (nSPS) is 13.4. The number of nitrogens with zero attached hydrogens (tertiary/aromatic N) is 1. The summed E-state index contributed by atoms with van der Waals surface area (Å²) in [4.78, 5) is 4.66. The summed E-state index contributed by atoms with van der Waals surface area (Å²) in [5.41, 5.74) is 2.18. The third kappa shape index (κ3) is 4.34. The SMILES string of the molecule is CC(N=CCCc1cccc(C(C)(F)F)c1)c1cccc2ccccc12. The molecule has 0 bridgehead atoms. The number of benzene rings is 3. The fraction of sp³-hybridized carbons (Fsp3) is 0.261. The van der Waals surface area contributed by atoms with E-state index in [9.17, 15) is 8.78 Å². The summed E-state index contributed by atoms with van der Waals surface area (Å²) in [5, 5.41) is 2.43. The average Bonchev–Trinajstić information content (AvgIpc) is 2.64. The lowest BCUT2D eigenvalue weighted by atomic mass is 10.00. The Labute approximate surface area is 153 Å². The molecule has 0 fully saturated rings. The monoisotopic (exact) mass is 351 g/mol. The van der Waals surface area contributed by atoms with Crippen LogP contribution in [0.1, 0.15) is 43.0 Å². The summed E-state index contributed by atoms with van der Waals surface area (Å²) in [5.74, 6) is -2.80. The molecule has 1 unspecified atom stereocenters. The zero-order valence-corrected chi connectivity index (χ0v) is 15.1. The molecule has 0 spiro atoms. The van der Waals surface area contributed by atoms with E-state index >= 15 is 0 Å². The molecule has 134 valence electrons. The molecule has 0 aliphatic carbocycles. The minimum Gasteiger partial charge on any atom is -0.290 e. The van der Waals surface area contributed by atoms with Crippen LogP contribution in [0.2, 0.25) is 0 Å². The fourth-order valence-electron chi connectivity index (χ4n) is 3.16. The first-order chi connectivity index (χ1) is 12.4. The van der Waals surface area contributed by atoms with Crippen molar-refractivity contribution in [3.63, 3.8) is 0 Å². The van der Waals surface area contributed by atoms with Crippen molar-refractivity contribution in [1.82, 2.24) is 0 Å². The number of aryl methyl sites for hydroxylation is 1. The summed E-state index contributed by atoms with van der Waals surface area (Å²) >= 11 is 0. The van der Waals surface area contributed by atoms with Crippen molar-refractivity contribution in [3.8, 4) is 0 Å². The predicted molar refractivity (Wildman–Crippen MR) is 105 cm³/mol. The number of halogens is 2. The summed E-state index contributed by atoms with van der Waals surface area (Å²) in [6.07, 6.45) is 3.34. The molecule has 3 aromatic rings. The van der Waals surface area contributed by atoms with E-state index in [0.717, 1.165) is 18.9 Å². The van der Waals surface area contributed by atoms with E-state index in [4.69, 9.17) is 0 Å². The highest BCUT2D eigenvalue weighted by Gasteiger charge is 2.23. The molecular formula is C23H23F2N. The van der Waals surface area contributed by atoms with Crippen LogP contribution in [0, 0.1) is 0 Å². The van der Waals surface area contributed by atoms with Crippen LogP contribution in [0.25, 0.3) is 10.8 Å². The van der Waals surface area contributed by atoms with Crippen molar-refractivity contribution in [2.45, 2.75) is 38.7 Å². The summed E-state index contributed by atoms with van der Waals surface area (Å²) in [7, 11) is 0. The lowest BCUT2D eigenvalue weighted by molar-refractivity contribution is 0.0174. The fourth-order valence-corrected chi connectivity index (χ4v) is 3.16. The van der Waals surface area contributed by atoms with E-state index in [1.165, 1.54) is 22.4 Å². The van der Waals surface area contributed by atoms with Crippen molar-refractivity contribution < 1.29 is 8.78 Å². The third-order valence-corrected chi connectivity index (χ3v) is 4.60. The molecule has 3 heteroatoms. The highest BCUT2D eigenvalue weighted by Crippen LogP contribution is 2.28. The van der Waals surface area contributed by atoms with Gasteiger partial charge in [0.15, 0.2) is 0 Å². The number of fused-ring (bicyclic) bond motifs is 1. The smallest absolute Gasteiger partial charge is 0.270 e. The van der Waals surface area contributed by atoms with E-state index in [1.54, 1.807) is 12.1 Å². The van der Waals surface area contributed by atoms with Crippen molar-refractivity contribution >= 4 is 17.0 Å². The van der Waals surface area contributed by atoms with E-state index < -0.39 is 5.92 Å². The molecule has 1 atom stereocenters. The highest BCUT2D eigenvalue weighted by atomic mass is 19.3. The average molecular weight is 351 g/mol. The van der Waals surface area contributed by atoms with Gasteiger partial charge in [-0.25, -0.2) is 8.78 Å². The molecular weight excluding hydrogens is 328 g/mol. The molecule has 3 rings (SSSR count). The second-order valence-corrected chi connectivity index (χ2v) is 6.70. The quantitative estimate of drug-likeness (QED) is 0.437. The topological polar surface area (TPSA) is 12.4 Å². The van der Waals surface area contributed by atoms with Gasteiger partial charge in [-0.1, -0.05) is 60.7 Å². The van der Waals surface area contributed by atoms with Gasteiger partial charge in [0.2, 0.25) is 0 Å². The van der Waals surface area contributed by atoms with Crippen molar-refractivity contribution in [2.75, 3.05) is 0 Å². The number of rotatable bonds is 6. The van der Waals surface area contributed by atoms with Gasteiger partial charge < -0.3 is 0 Å². The van der Waals surface area contributed by atoms with Crippen LogP contribution >= 0.6 is 0 Å². The lowest BCUT2D eigenvalue weighted by Crippen LogP contribution is -2.07. The predicted octanol–water partition coefficient (Wildman–Crippen LogP) is 6.72. The van der Waals surface area contributed by atoms with Crippen LogP contribution in [-0.2, 0) is 12.3 Å². The van der Waals surface area contributed by atoms with Gasteiger partial charge in [-0.15, -0.1) is 0 Å². The van der Waals surface area contributed by atoms with Gasteiger partial charge in [-0.05, 0) is 53.9 Å². The molecule has 3 aromatic carbocycles. The number of alkyl halides is 2. The Kier molecular flexibility index (Phi) is 5.46. The Bertz CT molecular complexity index is 904. The Morgan fingerprint density at radius 2 is 1.73 bits per heavy atom. The molecule has 1 nitrogen and oxygen atoms in total. The van der Waals surface area contributed by atoms with E-state index in [0.29, 0.717) is 6.42 Å².